The van der Waals surface area contributed by atoms with Crippen molar-refractivity contribution in [1.82, 2.24) is 0 Å². The summed E-state index contributed by atoms with van der Waals surface area (Å²) in [5.41, 5.74) is 1.53. The summed E-state index contributed by atoms with van der Waals surface area (Å²) >= 11 is 0. The Morgan fingerprint density at radius 2 is 1.65 bits per heavy atom. The van der Waals surface area contributed by atoms with E-state index < -0.39 is 0 Å². The van der Waals surface area contributed by atoms with E-state index in [1.54, 1.807) is 0 Å². The lowest BCUT2D eigenvalue weighted by atomic mass is 9.87. The molecule has 0 heterocycles. The van der Waals surface area contributed by atoms with E-state index >= 15 is 0 Å². The second kappa shape index (κ2) is 6.65. The monoisotopic (exact) mass is 236 g/mol. The van der Waals surface area contributed by atoms with Gasteiger partial charge in [-0.15, -0.1) is 0 Å². The Balaban J connectivity index is 2.36. The average Bonchev–Trinajstić information content (AvgIpc) is 2.28. The summed E-state index contributed by atoms with van der Waals surface area (Å²) in [5.74, 6) is 0.939. The SMILES string of the molecule is CCOCCCOc1ccc(C(C)(C)C)cc1. The van der Waals surface area contributed by atoms with Crippen LogP contribution in [0.2, 0.25) is 0 Å². The lowest BCUT2D eigenvalue weighted by Gasteiger charge is -2.19. The van der Waals surface area contributed by atoms with E-state index in [-0.39, 0.29) is 5.41 Å². The van der Waals surface area contributed by atoms with Crippen molar-refractivity contribution < 1.29 is 9.47 Å². The van der Waals surface area contributed by atoms with Crippen molar-refractivity contribution in [1.29, 1.82) is 0 Å². The molecule has 1 rings (SSSR count). The molecule has 0 radical (unpaired) electrons. The Bertz CT molecular complexity index is 309. The molecule has 17 heavy (non-hydrogen) atoms. The quantitative estimate of drug-likeness (QED) is 0.700. The normalized spacial score (nSPS) is 11.5. The summed E-state index contributed by atoms with van der Waals surface area (Å²) in [6.45, 7) is 10.9. The Morgan fingerprint density at radius 1 is 1.00 bits per heavy atom. The predicted molar refractivity (Wildman–Crippen MR) is 71.7 cm³/mol. The fourth-order valence-electron chi connectivity index (χ4n) is 1.55. The van der Waals surface area contributed by atoms with Crippen molar-refractivity contribution in [3.8, 4) is 5.75 Å². The molecule has 2 heteroatoms. The molecular weight excluding hydrogens is 212 g/mol. The molecule has 0 aliphatic carbocycles. The molecule has 0 saturated heterocycles. The van der Waals surface area contributed by atoms with Gasteiger partial charge in [0.15, 0.2) is 0 Å². The van der Waals surface area contributed by atoms with Gasteiger partial charge in [0.25, 0.3) is 0 Å². The van der Waals surface area contributed by atoms with Crippen LogP contribution in [0.4, 0.5) is 0 Å². The highest BCUT2D eigenvalue weighted by Gasteiger charge is 2.12. The second-order valence-electron chi connectivity index (χ2n) is 5.17. The molecular formula is C15H24O2. The van der Waals surface area contributed by atoms with Gasteiger partial charge in [-0.3, -0.25) is 0 Å². The number of ether oxygens (including phenoxy) is 2. The lowest BCUT2D eigenvalue weighted by Crippen LogP contribution is -2.10. The third kappa shape index (κ3) is 5.22. The summed E-state index contributed by atoms with van der Waals surface area (Å²) in [7, 11) is 0. The van der Waals surface area contributed by atoms with Crippen LogP contribution < -0.4 is 4.74 Å². The van der Waals surface area contributed by atoms with Gasteiger partial charge in [-0.2, -0.15) is 0 Å². The van der Waals surface area contributed by atoms with Crippen molar-refractivity contribution in [2.45, 2.75) is 39.5 Å². The minimum atomic E-state index is 0.202. The van der Waals surface area contributed by atoms with Crippen LogP contribution >= 0.6 is 0 Å². The molecule has 0 saturated carbocycles. The van der Waals surface area contributed by atoms with Gasteiger partial charge in [-0.25, -0.2) is 0 Å². The second-order valence-corrected chi connectivity index (χ2v) is 5.17. The molecule has 0 aliphatic heterocycles. The van der Waals surface area contributed by atoms with Crippen molar-refractivity contribution >= 4 is 0 Å². The third-order valence-electron chi connectivity index (χ3n) is 2.63. The van der Waals surface area contributed by atoms with Gasteiger partial charge in [0.1, 0.15) is 5.75 Å². The number of hydrogen-bond acceptors (Lipinski definition) is 2. The molecule has 0 amide bonds. The topological polar surface area (TPSA) is 18.5 Å². The first-order chi connectivity index (χ1) is 8.04. The van der Waals surface area contributed by atoms with E-state index in [0.29, 0.717) is 0 Å². The highest BCUT2D eigenvalue weighted by Crippen LogP contribution is 2.24. The summed E-state index contributed by atoms with van der Waals surface area (Å²) in [6.07, 6.45) is 0.939. The minimum absolute atomic E-state index is 0.202. The standard InChI is InChI=1S/C15H24O2/c1-5-16-11-6-12-17-14-9-7-13(8-10-14)15(2,3)4/h7-10H,5-6,11-12H2,1-4H3. The fourth-order valence-corrected chi connectivity index (χ4v) is 1.55. The van der Waals surface area contributed by atoms with Crippen LogP contribution in [-0.2, 0) is 10.2 Å². The molecule has 0 unspecified atom stereocenters. The van der Waals surface area contributed by atoms with E-state index in [4.69, 9.17) is 9.47 Å². The van der Waals surface area contributed by atoms with Crippen molar-refractivity contribution in [3.63, 3.8) is 0 Å². The van der Waals surface area contributed by atoms with Gasteiger partial charge in [0.2, 0.25) is 0 Å². The van der Waals surface area contributed by atoms with Gasteiger partial charge in [-0.1, -0.05) is 32.9 Å². The highest BCUT2D eigenvalue weighted by atomic mass is 16.5. The largest absolute Gasteiger partial charge is 0.494 e. The van der Waals surface area contributed by atoms with Crippen LogP contribution in [0, 0.1) is 0 Å². The zero-order valence-electron chi connectivity index (χ0n) is 11.5. The lowest BCUT2D eigenvalue weighted by molar-refractivity contribution is 0.131. The molecule has 96 valence electrons. The average molecular weight is 236 g/mol. The van der Waals surface area contributed by atoms with E-state index in [9.17, 15) is 0 Å². The molecule has 0 bridgehead atoms. The Morgan fingerprint density at radius 3 is 2.18 bits per heavy atom. The highest BCUT2D eigenvalue weighted by molar-refractivity contribution is 5.31. The third-order valence-corrected chi connectivity index (χ3v) is 2.63. The maximum absolute atomic E-state index is 5.64. The van der Waals surface area contributed by atoms with Crippen molar-refractivity contribution in [2.24, 2.45) is 0 Å². The number of hydrogen-bond donors (Lipinski definition) is 0. The van der Waals surface area contributed by atoms with Crippen LogP contribution in [0.3, 0.4) is 0 Å². The Labute approximate surface area is 105 Å². The molecule has 0 spiro atoms. The van der Waals surface area contributed by atoms with Gasteiger partial charge in [-0.05, 0) is 30.0 Å². The molecule has 0 aromatic heterocycles. The molecule has 2 nitrogen and oxygen atoms in total. The molecule has 1 aromatic rings. The van der Waals surface area contributed by atoms with Crippen LogP contribution in [0.5, 0.6) is 5.75 Å². The molecule has 1 aromatic carbocycles. The van der Waals surface area contributed by atoms with Crippen molar-refractivity contribution in [3.05, 3.63) is 29.8 Å². The predicted octanol–water partition coefficient (Wildman–Crippen LogP) is 3.79. The van der Waals surface area contributed by atoms with Gasteiger partial charge in [0, 0.05) is 19.6 Å². The minimum Gasteiger partial charge on any atom is -0.494 e. The molecule has 0 atom stereocenters. The number of rotatable bonds is 6. The van der Waals surface area contributed by atoms with Crippen LogP contribution in [0.25, 0.3) is 0 Å². The molecule has 0 N–H and O–H groups in total. The maximum Gasteiger partial charge on any atom is 0.119 e. The van der Waals surface area contributed by atoms with Gasteiger partial charge in [0.05, 0.1) is 6.61 Å². The summed E-state index contributed by atoms with van der Waals surface area (Å²) < 4.78 is 10.9. The van der Waals surface area contributed by atoms with Crippen LogP contribution in [0.15, 0.2) is 24.3 Å². The van der Waals surface area contributed by atoms with Crippen LogP contribution in [-0.4, -0.2) is 19.8 Å². The summed E-state index contributed by atoms with van der Waals surface area (Å²) in [4.78, 5) is 0. The zero-order valence-corrected chi connectivity index (χ0v) is 11.5. The van der Waals surface area contributed by atoms with E-state index in [1.807, 2.05) is 19.1 Å². The first-order valence-corrected chi connectivity index (χ1v) is 6.35. The van der Waals surface area contributed by atoms with Gasteiger partial charge >= 0.3 is 0 Å². The van der Waals surface area contributed by atoms with E-state index in [0.717, 1.165) is 32.0 Å². The maximum atomic E-state index is 5.64. The first-order valence-electron chi connectivity index (χ1n) is 6.35. The molecule has 0 fully saturated rings. The Kier molecular flexibility index (Phi) is 5.49. The first kappa shape index (κ1) is 14.0. The number of benzene rings is 1. The van der Waals surface area contributed by atoms with Crippen LogP contribution in [0.1, 0.15) is 39.7 Å². The fraction of sp³-hybridized carbons (Fsp3) is 0.600. The van der Waals surface area contributed by atoms with Crippen molar-refractivity contribution in [2.75, 3.05) is 19.8 Å². The summed E-state index contributed by atoms with van der Waals surface area (Å²) in [6, 6.07) is 8.36. The zero-order chi connectivity index (χ0) is 12.7. The Hall–Kier alpha value is -1.02. The smallest absolute Gasteiger partial charge is 0.119 e. The van der Waals surface area contributed by atoms with E-state index in [2.05, 4.69) is 32.9 Å². The molecule has 0 aliphatic rings. The summed E-state index contributed by atoms with van der Waals surface area (Å²) in [5, 5.41) is 0. The van der Waals surface area contributed by atoms with E-state index in [1.165, 1.54) is 5.56 Å². The van der Waals surface area contributed by atoms with Gasteiger partial charge < -0.3 is 9.47 Å².